The van der Waals surface area contributed by atoms with Gasteiger partial charge in [-0.05, 0) is 30.5 Å². The largest absolute Gasteiger partial charge is 0.435 e. The average molecular weight is 352 g/mol. The van der Waals surface area contributed by atoms with Gasteiger partial charge in [-0.3, -0.25) is 0 Å². The minimum absolute atomic E-state index is 0.644. The van der Waals surface area contributed by atoms with Crippen molar-refractivity contribution >= 4 is 22.9 Å². The fourth-order valence-electron chi connectivity index (χ4n) is 2.53. The summed E-state index contributed by atoms with van der Waals surface area (Å²) in [5.74, 6) is 1.42. The molecular weight excluding hydrogens is 338 g/mol. The minimum Gasteiger partial charge on any atom is -0.435 e. The van der Waals surface area contributed by atoms with Gasteiger partial charge >= 0.3 is 0 Å². The molecule has 2 aromatic carbocycles. The second-order valence-electron chi connectivity index (χ2n) is 5.55. The first-order valence-electron chi connectivity index (χ1n) is 7.58. The van der Waals surface area contributed by atoms with E-state index in [0.717, 1.165) is 27.5 Å². The Morgan fingerprint density at radius 3 is 2.29 bits per heavy atom. The fourth-order valence-corrected chi connectivity index (χ4v) is 3.30. The van der Waals surface area contributed by atoms with Crippen molar-refractivity contribution < 1.29 is 4.42 Å². The lowest BCUT2D eigenvalue weighted by atomic mass is 10.0. The Hall–Kier alpha value is -2.36. The summed E-state index contributed by atoms with van der Waals surface area (Å²) in [7, 11) is 0. The standard InChI is InChI=1S/C20H14ClNOS/c1-13-4-6-15(7-5-13)19-18(14-8-10-16(21)11-9-14)22-20(23-19)17-3-2-12-24-17/h2-12H,1H3. The van der Waals surface area contributed by atoms with E-state index in [1.807, 2.05) is 41.8 Å². The third kappa shape index (κ3) is 2.88. The molecule has 0 unspecified atom stereocenters. The van der Waals surface area contributed by atoms with E-state index in [9.17, 15) is 0 Å². The zero-order valence-electron chi connectivity index (χ0n) is 13.0. The molecule has 0 radical (unpaired) electrons. The predicted octanol–water partition coefficient (Wildman–Crippen LogP) is 6.70. The van der Waals surface area contributed by atoms with Crippen molar-refractivity contribution in [3.63, 3.8) is 0 Å². The molecule has 118 valence electrons. The number of nitrogens with zero attached hydrogens (tertiary/aromatic N) is 1. The molecule has 0 bridgehead atoms. The van der Waals surface area contributed by atoms with Gasteiger partial charge in [0.15, 0.2) is 5.76 Å². The first kappa shape index (κ1) is 15.2. The van der Waals surface area contributed by atoms with Gasteiger partial charge in [-0.1, -0.05) is 59.6 Å². The predicted molar refractivity (Wildman–Crippen MR) is 100 cm³/mol. The van der Waals surface area contributed by atoms with Crippen LogP contribution >= 0.6 is 22.9 Å². The van der Waals surface area contributed by atoms with Crippen LogP contribution in [-0.4, -0.2) is 4.98 Å². The zero-order valence-corrected chi connectivity index (χ0v) is 14.6. The number of benzene rings is 2. The Bertz CT molecular complexity index is 891. The number of rotatable bonds is 3. The van der Waals surface area contributed by atoms with Crippen LogP contribution in [0.3, 0.4) is 0 Å². The summed E-state index contributed by atoms with van der Waals surface area (Å²) < 4.78 is 6.14. The number of aromatic nitrogens is 1. The molecule has 4 heteroatoms. The number of halogens is 1. The number of hydrogen-bond donors (Lipinski definition) is 0. The molecular formula is C20H14ClNOS. The SMILES string of the molecule is Cc1ccc(-c2oc(-c3cccs3)nc2-c2ccc(Cl)cc2)cc1. The van der Waals surface area contributed by atoms with Gasteiger partial charge in [-0.25, -0.2) is 4.98 Å². The summed E-state index contributed by atoms with van der Waals surface area (Å²) in [6.45, 7) is 2.07. The molecule has 2 heterocycles. The number of oxazole rings is 1. The zero-order chi connectivity index (χ0) is 16.5. The van der Waals surface area contributed by atoms with Crippen molar-refractivity contribution in [3.05, 3.63) is 76.6 Å². The van der Waals surface area contributed by atoms with Crippen LogP contribution in [0.15, 0.2) is 70.5 Å². The molecule has 4 rings (SSSR count). The topological polar surface area (TPSA) is 26.0 Å². The summed E-state index contributed by atoms with van der Waals surface area (Å²) in [4.78, 5) is 5.77. The third-order valence-electron chi connectivity index (χ3n) is 3.79. The second kappa shape index (κ2) is 6.27. The maximum Gasteiger partial charge on any atom is 0.237 e. The minimum atomic E-state index is 0.644. The highest BCUT2D eigenvalue weighted by Gasteiger charge is 2.18. The van der Waals surface area contributed by atoms with Gasteiger partial charge in [0.1, 0.15) is 5.69 Å². The molecule has 4 aromatic rings. The van der Waals surface area contributed by atoms with Crippen molar-refractivity contribution in [1.82, 2.24) is 4.98 Å². The second-order valence-corrected chi connectivity index (χ2v) is 6.93. The Morgan fingerprint density at radius 2 is 1.62 bits per heavy atom. The number of thiophene rings is 1. The molecule has 2 nitrogen and oxygen atoms in total. The summed E-state index contributed by atoms with van der Waals surface area (Å²) in [6.07, 6.45) is 0. The van der Waals surface area contributed by atoms with Gasteiger partial charge in [0.2, 0.25) is 5.89 Å². The first-order valence-corrected chi connectivity index (χ1v) is 8.84. The van der Waals surface area contributed by atoms with Gasteiger partial charge < -0.3 is 4.42 Å². The molecule has 0 N–H and O–H groups in total. The van der Waals surface area contributed by atoms with Crippen LogP contribution in [0.25, 0.3) is 33.3 Å². The molecule has 0 aliphatic heterocycles. The maximum absolute atomic E-state index is 6.14. The highest BCUT2D eigenvalue weighted by Crippen LogP contribution is 2.37. The molecule has 0 atom stereocenters. The van der Waals surface area contributed by atoms with E-state index in [0.29, 0.717) is 10.9 Å². The van der Waals surface area contributed by atoms with Gasteiger partial charge in [-0.2, -0.15) is 0 Å². The van der Waals surface area contributed by atoms with Crippen LogP contribution < -0.4 is 0 Å². The van der Waals surface area contributed by atoms with Crippen molar-refractivity contribution in [1.29, 1.82) is 0 Å². The molecule has 0 spiro atoms. The van der Waals surface area contributed by atoms with Gasteiger partial charge in [0, 0.05) is 16.1 Å². The normalized spacial score (nSPS) is 10.9. The molecule has 0 aliphatic rings. The summed E-state index contributed by atoms with van der Waals surface area (Å²) in [5, 5.41) is 2.73. The molecule has 0 saturated heterocycles. The van der Waals surface area contributed by atoms with E-state index in [4.69, 9.17) is 21.0 Å². The summed E-state index contributed by atoms with van der Waals surface area (Å²) >= 11 is 7.63. The molecule has 0 fully saturated rings. The van der Waals surface area contributed by atoms with Crippen LogP contribution in [0.4, 0.5) is 0 Å². The molecule has 0 aliphatic carbocycles. The molecule has 24 heavy (non-hydrogen) atoms. The molecule has 0 amide bonds. The van der Waals surface area contributed by atoms with E-state index >= 15 is 0 Å². The van der Waals surface area contributed by atoms with Crippen molar-refractivity contribution in [2.75, 3.05) is 0 Å². The van der Waals surface area contributed by atoms with Crippen molar-refractivity contribution in [3.8, 4) is 33.3 Å². The molecule has 0 saturated carbocycles. The lowest BCUT2D eigenvalue weighted by molar-refractivity contribution is 0.591. The number of hydrogen-bond acceptors (Lipinski definition) is 3. The van der Waals surface area contributed by atoms with E-state index in [-0.39, 0.29) is 0 Å². The van der Waals surface area contributed by atoms with E-state index in [1.165, 1.54) is 5.56 Å². The van der Waals surface area contributed by atoms with Crippen LogP contribution in [0.1, 0.15) is 5.56 Å². The Labute approximate surface area is 149 Å². The maximum atomic E-state index is 6.14. The smallest absolute Gasteiger partial charge is 0.237 e. The lowest BCUT2D eigenvalue weighted by Gasteiger charge is -2.02. The van der Waals surface area contributed by atoms with Crippen LogP contribution in [0.2, 0.25) is 5.02 Å². The van der Waals surface area contributed by atoms with Gasteiger partial charge in [0.25, 0.3) is 0 Å². The monoisotopic (exact) mass is 351 g/mol. The number of aryl methyl sites for hydroxylation is 1. The van der Waals surface area contributed by atoms with Gasteiger partial charge in [-0.15, -0.1) is 11.3 Å². The van der Waals surface area contributed by atoms with Gasteiger partial charge in [0.05, 0.1) is 4.88 Å². The summed E-state index contributed by atoms with van der Waals surface area (Å²) in [5.41, 5.74) is 4.05. The lowest BCUT2D eigenvalue weighted by Crippen LogP contribution is -1.83. The first-order chi connectivity index (χ1) is 11.7. The highest BCUT2D eigenvalue weighted by molar-refractivity contribution is 7.13. The average Bonchev–Trinajstić information content (AvgIpc) is 3.26. The van der Waals surface area contributed by atoms with Crippen LogP contribution in [0, 0.1) is 6.92 Å². The highest BCUT2D eigenvalue weighted by atomic mass is 35.5. The van der Waals surface area contributed by atoms with E-state index < -0.39 is 0 Å². The van der Waals surface area contributed by atoms with E-state index in [1.54, 1.807) is 11.3 Å². The van der Waals surface area contributed by atoms with Crippen LogP contribution in [-0.2, 0) is 0 Å². The van der Waals surface area contributed by atoms with Crippen molar-refractivity contribution in [2.45, 2.75) is 6.92 Å². The van der Waals surface area contributed by atoms with Crippen LogP contribution in [0.5, 0.6) is 0 Å². The molecule has 2 aromatic heterocycles. The Kier molecular flexibility index (Phi) is 3.97. The Morgan fingerprint density at radius 1 is 0.917 bits per heavy atom. The van der Waals surface area contributed by atoms with E-state index in [2.05, 4.69) is 31.2 Å². The Balaban J connectivity index is 1.89. The summed E-state index contributed by atoms with van der Waals surface area (Å²) in [6, 6.07) is 20.0. The quantitative estimate of drug-likeness (QED) is 0.410. The fraction of sp³-hybridized carbons (Fsp3) is 0.0500. The van der Waals surface area contributed by atoms with Crippen molar-refractivity contribution in [2.24, 2.45) is 0 Å². The third-order valence-corrected chi connectivity index (χ3v) is 4.90.